The molecule has 0 atom stereocenters. The lowest BCUT2D eigenvalue weighted by molar-refractivity contribution is 0.278. The summed E-state index contributed by atoms with van der Waals surface area (Å²) in [5.41, 5.74) is 0.459. The molecule has 1 aromatic rings. The van der Waals surface area contributed by atoms with Crippen molar-refractivity contribution in [2.24, 2.45) is 11.8 Å². The lowest BCUT2D eigenvalue weighted by Gasteiger charge is -2.18. The van der Waals surface area contributed by atoms with Gasteiger partial charge in [0.1, 0.15) is 0 Å². The number of nitrogens with one attached hydrogen (secondary N) is 1. The fraction of sp³-hybridized carbons (Fsp3) is 0.571. The molecule has 2 N–H and O–H groups in total. The van der Waals surface area contributed by atoms with Crippen molar-refractivity contribution >= 4 is 10.0 Å². The van der Waals surface area contributed by atoms with Gasteiger partial charge in [0.05, 0.1) is 11.5 Å². The Morgan fingerprint density at radius 3 is 2.26 bits per heavy atom. The number of aliphatic hydroxyl groups excluding tert-OH is 1. The molecule has 0 saturated heterocycles. The molecule has 5 heteroatoms. The maximum Gasteiger partial charge on any atom is 0.241 e. The zero-order chi connectivity index (χ0) is 13.5. The Hall–Kier alpha value is -0.910. The van der Waals surface area contributed by atoms with E-state index in [1.807, 2.05) is 0 Å². The normalized spacial score (nSPS) is 19.9. The van der Waals surface area contributed by atoms with E-state index in [4.69, 9.17) is 0 Å². The van der Waals surface area contributed by atoms with Crippen LogP contribution in [0.5, 0.6) is 0 Å². The second-order valence-electron chi connectivity index (χ2n) is 5.59. The first-order valence-corrected chi connectivity index (χ1v) is 8.31. The van der Waals surface area contributed by atoms with E-state index in [2.05, 4.69) is 4.72 Å². The molecule has 1 aromatic carbocycles. The van der Waals surface area contributed by atoms with Crippen LogP contribution in [0.15, 0.2) is 29.2 Å². The van der Waals surface area contributed by atoms with Crippen molar-refractivity contribution in [2.75, 3.05) is 0 Å². The Labute approximate surface area is 113 Å². The Balaban J connectivity index is 1.85. The van der Waals surface area contributed by atoms with Crippen LogP contribution in [0.3, 0.4) is 0 Å². The van der Waals surface area contributed by atoms with E-state index in [0.29, 0.717) is 17.4 Å². The van der Waals surface area contributed by atoms with Gasteiger partial charge in [0, 0.05) is 6.04 Å². The van der Waals surface area contributed by atoms with Crippen LogP contribution in [0.1, 0.15) is 31.2 Å². The minimum absolute atomic E-state index is 0.0942. The number of aliphatic hydroxyl groups is 1. The molecule has 0 aromatic heterocycles. The molecule has 0 aliphatic heterocycles. The predicted octanol–water partition coefficient (Wildman–Crippen LogP) is 1.65. The summed E-state index contributed by atoms with van der Waals surface area (Å²) in [4.78, 5) is 0.212. The average molecular weight is 281 g/mol. The molecule has 2 saturated carbocycles. The fourth-order valence-electron chi connectivity index (χ4n) is 2.63. The van der Waals surface area contributed by atoms with Gasteiger partial charge >= 0.3 is 0 Å². The largest absolute Gasteiger partial charge is 0.392 e. The molecule has 0 radical (unpaired) electrons. The standard InChI is InChI=1S/C14H19NO3S/c16-9-12-3-1-2-4-13(12)19(17,18)15-14(10-5-6-10)11-7-8-11/h1-4,10-11,14-16H,5-9H2. The van der Waals surface area contributed by atoms with Crippen molar-refractivity contribution in [3.63, 3.8) is 0 Å². The summed E-state index contributed by atoms with van der Waals surface area (Å²) in [6.07, 6.45) is 4.52. The highest BCUT2D eigenvalue weighted by Crippen LogP contribution is 2.45. The SMILES string of the molecule is O=S(=O)(NC(C1CC1)C1CC1)c1ccccc1CO. The summed E-state index contributed by atoms with van der Waals surface area (Å²) < 4.78 is 27.8. The molecule has 4 nitrogen and oxygen atoms in total. The van der Waals surface area contributed by atoms with E-state index in [0.717, 1.165) is 25.7 Å². The van der Waals surface area contributed by atoms with Crippen LogP contribution in [-0.2, 0) is 16.6 Å². The van der Waals surface area contributed by atoms with Crippen LogP contribution < -0.4 is 4.72 Å². The van der Waals surface area contributed by atoms with Crippen molar-refractivity contribution in [2.45, 2.75) is 43.2 Å². The molecule has 0 heterocycles. The van der Waals surface area contributed by atoms with Crippen molar-refractivity contribution in [1.82, 2.24) is 4.72 Å². The van der Waals surface area contributed by atoms with E-state index in [-0.39, 0.29) is 17.5 Å². The Bertz CT molecular complexity index is 550. The first-order valence-electron chi connectivity index (χ1n) is 6.83. The highest BCUT2D eigenvalue weighted by atomic mass is 32.2. The summed E-state index contributed by atoms with van der Waals surface area (Å²) in [5.74, 6) is 1.03. The van der Waals surface area contributed by atoms with Gasteiger partial charge in [0.25, 0.3) is 0 Å². The van der Waals surface area contributed by atoms with Gasteiger partial charge in [-0.05, 0) is 49.1 Å². The van der Waals surface area contributed by atoms with Gasteiger partial charge < -0.3 is 5.11 Å². The predicted molar refractivity (Wildman–Crippen MR) is 71.9 cm³/mol. The highest BCUT2D eigenvalue weighted by Gasteiger charge is 2.43. The molecule has 2 fully saturated rings. The topological polar surface area (TPSA) is 66.4 Å². The molecule has 0 bridgehead atoms. The number of hydrogen-bond donors (Lipinski definition) is 2. The van der Waals surface area contributed by atoms with Gasteiger partial charge in [-0.15, -0.1) is 0 Å². The summed E-state index contributed by atoms with van der Waals surface area (Å²) in [7, 11) is -3.52. The number of sulfonamides is 1. The zero-order valence-corrected chi connectivity index (χ0v) is 11.6. The quantitative estimate of drug-likeness (QED) is 0.833. The molecule has 2 aliphatic rings. The van der Waals surface area contributed by atoms with Crippen molar-refractivity contribution in [1.29, 1.82) is 0 Å². The van der Waals surface area contributed by atoms with Gasteiger partial charge in [-0.3, -0.25) is 0 Å². The average Bonchev–Trinajstić information content (AvgIpc) is 3.29. The van der Waals surface area contributed by atoms with Crippen molar-refractivity contribution in [3.05, 3.63) is 29.8 Å². The number of rotatable bonds is 6. The minimum Gasteiger partial charge on any atom is -0.392 e. The van der Waals surface area contributed by atoms with Gasteiger partial charge in [-0.25, -0.2) is 13.1 Å². The van der Waals surface area contributed by atoms with Crippen LogP contribution in [-0.4, -0.2) is 19.6 Å². The molecular formula is C14H19NO3S. The van der Waals surface area contributed by atoms with E-state index in [9.17, 15) is 13.5 Å². The summed E-state index contributed by atoms with van der Waals surface area (Å²) >= 11 is 0. The fourth-order valence-corrected chi connectivity index (χ4v) is 4.23. The third-order valence-corrected chi connectivity index (χ3v) is 5.54. The van der Waals surface area contributed by atoms with Crippen LogP contribution in [0.2, 0.25) is 0 Å². The van der Waals surface area contributed by atoms with Gasteiger partial charge in [0.2, 0.25) is 10.0 Å². The Morgan fingerprint density at radius 2 is 1.74 bits per heavy atom. The molecular weight excluding hydrogens is 262 g/mol. The van der Waals surface area contributed by atoms with Gasteiger partial charge in [-0.2, -0.15) is 0 Å². The Morgan fingerprint density at radius 1 is 1.16 bits per heavy atom. The Kier molecular flexibility index (Phi) is 3.37. The van der Waals surface area contributed by atoms with Crippen molar-refractivity contribution in [3.8, 4) is 0 Å². The van der Waals surface area contributed by atoms with Crippen LogP contribution in [0.25, 0.3) is 0 Å². The maximum absolute atomic E-state index is 12.5. The first kappa shape index (κ1) is 13.1. The monoisotopic (exact) mass is 281 g/mol. The molecule has 104 valence electrons. The van der Waals surface area contributed by atoms with E-state index in [1.165, 1.54) is 0 Å². The number of benzene rings is 1. The van der Waals surface area contributed by atoms with E-state index in [1.54, 1.807) is 24.3 Å². The van der Waals surface area contributed by atoms with E-state index >= 15 is 0 Å². The van der Waals surface area contributed by atoms with E-state index < -0.39 is 10.0 Å². The smallest absolute Gasteiger partial charge is 0.241 e. The highest BCUT2D eigenvalue weighted by molar-refractivity contribution is 7.89. The molecule has 2 aliphatic carbocycles. The van der Waals surface area contributed by atoms with Crippen LogP contribution >= 0.6 is 0 Å². The maximum atomic E-state index is 12.5. The summed E-state index contributed by atoms with van der Waals surface area (Å²) in [6.45, 7) is -0.255. The van der Waals surface area contributed by atoms with Crippen LogP contribution in [0.4, 0.5) is 0 Å². The lowest BCUT2D eigenvalue weighted by Crippen LogP contribution is -2.38. The molecule has 0 amide bonds. The third kappa shape index (κ3) is 2.83. The van der Waals surface area contributed by atoms with Gasteiger partial charge in [-0.1, -0.05) is 18.2 Å². The second-order valence-corrected chi connectivity index (χ2v) is 7.27. The lowest BCUT2D eigenvalue weighted by atomic mass is 10.1. The zero-order valence-electron chi connectivity index (χ0n) is 10.7. The summed E-state index contributed by atoms with van der Waals surface area (Å²) in [6, 6.07) is 6.74. The molecule has 0 spiro atoms. The second kappa shape index (κ2) is 4.89. The van der Waals surface area contributed by atoms with Crippen LogP contribution in [0, 0.1) is 11.8 Å². The summed E-state index contributed by atoms with van der Waals surface area (Å²) in [5, 5.41) is 9.27. The first-order chi connectivity index (χ1) is 9.12. The van der Waals surface area contributed by atoms with Crippen molar-refractivity contribution < 1.29 is 13.5 Å². The van der Waals surface area contributed by atoms with Gasteiger partial charge in [0.15, 0.2) is 0 Å². The minimum atomic E-state index is -3.52. The molecule has 19 heavy (non-hydrogen) atoms. The number of hydrogen-bond acceptors (Lipinski definition) is 3. The molecule has 3 rings (SSSR count). The third-order valence-electron chi connectivity index (χ3n) is 3.98. The molecule has 0 unspecified atom stereocenters.